The predicted molar refractivity (Wildman–Crippen MR) is 169 cm³/mol. The van der Waals surface area contributed by atoms with Crippen molar-refractivity contribution in [2.75, 3.05) is 37.5 Å². The minimum Gasteiger partial charge on any atom is -0.483 e. The average Bonchev–Trinajstić information content (AvgIpc) is 2.98. The molecule has 3 rings (SSSR count). The number of nitrogens with one attached hydrogen (secondary N) is 3. The number of carbonyl (C=O) groups is 4. The Morgan fingerprint density at radius 1 is 0.953 bits per heavy atom. The van der Waals surface area contributed by atoms with E-state index in [4.69, 9.17) is 4.74 Å². The second kappa shape index (κ2) is 16.3. The van der Waals surface area contributed by atoms with Crippen molar-refractivity contribution < 1.29 is 28.7 Å². The van der Waals surface area contributed by atoms with E-state index in [1.165, 1.54) is 12.0 Å². The molecule has 0 saturated heterocycles. The Labute approximate surface area is 260 Å². The highest BCUT2D eigenvalue weighted by Crippen LogP contribution is 2.30. The summed E-state index contributed by atoms with van der Waals surface area (Å²) in [5.41, 5.74) is 2.62. The van der Waals surface area contributed by atoms with Crippen LogP contribution in [0.1, 0.15) is 37.4 Å². The molecule has 3 N–H and O–H groups in total. The van der Waals surface area contributed by atoms with Gasteiger partial charge in [-0.3, -0.25) is 14.4 Å². The number of amides is 4. The number of methoxy groups -OCH3 is 1. The van der Waals surface area contributed by atoms with Crippen LogP contribution in [0.25, 0.3) is 0 Å². The van der Waals surface area contributed by atoms with Crippen LogP contribution in [0.2, 0.25) is 0 Å². The third-order valence-corrected chi connectivity index (χ3v) is 6.92. The molecule has 0 heterocycles. The molecule has 0 aliphatic carbocycles. The van der Waals surface area contributed by atoms with Gasteiger partial charge < -0.3 is 30.3 Å². The number of anilines is 2. The number of urea groups is 1. The molecule has 3 aromatic rings. The number of esters is 1. The summed E-state index contributed by atoms with van der Waals surface area (Å²) in [6.45, 7) is 3.63. The maximum atomic E-state index is 12.9. The Morgan fingerprint density at radius 3 is 2.42 bits per heavy atom. The van der Waals surface area contributed by atoms with Crippen LogP contribution < -0.4 is 25.6 Å². The summed E-state index contributed by atoms with van der Waals surface area (Å²) < 4.78 is 11.5. The number of nitrogens with zero attached hydrogens (tertiary/aromatic N) is 1. The smallest absolute Gasteiger partial charge is 0.319 e. The standard InChI is InChI=1S/C32H37BrN4O6/c1-21(2)15-27(36-29(38)19-34-32(41)35-24-11-7-9-22(16-24)17-31(40)42-4)26-13-5-6-14-28(26)43-20-30(39)37(3)25-12-8-10-23(33)18-25/h5-14,16,18,21,27H,15,17,19-20H2,1-4H3,(H,36,38)(H2,34,35,41). The van der Waals surface area contributed by atoms with E-state index in [1.807, 2.05) is 56.3 Å². The number of likely N-dealkylation sites (N-methyl/N-ethyl adjacent to an activating group) is 1. The van der Waals surface area contributed by atoms with Crippen LogP contribution in [0.15, 0.2) is 77.3 Å². The first-order valence-electron chi connectivity index (χ1n) is 13.8. The number of halogens is 1. The largest absolute Gasteiger partial charge is 0.483 e. The Morgan fingerprint density at radius 2 is 1.70 bits per heavy atom. The van der Waals surface area contributed by atoms with E-state index in [0.717, 1.165) is 15.7 Å². The molecule has 4 amide bonds. The van der Waals surface area contributed by atoms with Gasteiger partial charge in [0, 0.05) is 28.5 Å². The Hall–Kier alpha value is -4.38. The minimum atomic E-state index is -0.567. The van der Waals surface area contributed by atoms with Crippen LogP contribution in [0.5, 0.6) is 5.75 Å². The SMILES string of the molecule is COC(=O)Cc1cccc(NC(=O)NCC(=O)NC(CC(C)C)c2ccccc2OCC(=O)N(C)c2cccc(Br)c2)c1. The number of ether oxygens (including phenoxy) is 2. The first kappa shape index (κ1) is 33.1. The normalized spacial score (nSPS) is 11.3. The van der Waals surface area contributed by atoms with Gasteiger partial charge in [0.2, 0.25) is 5.91 Å². The number of rotatable bonds is 13. The summed E-state index contributed by atoms with van der Waals surface area (Å²) in [6.07, 6.45) is 0.686. The van der Waals surface area contributed by atoms with Crippen molar-refractivity contribution in [1.82, 2.24) is 10.6 Å². The van der Waals surface area contributed by atoms with Crippen LogP contribution in [0.4, 0.5) is 16.2 Å². The zero-order valence-corrected chi connectivity index (χ0v) is 26.3. The van der Waals surface area contributed by atoms with Gasteiger partial charge in [0.05, 0.1) is 26.1 Å². The van der Waals surface area contributed by atoms with E-state index < -0.39 is 12.1 Å². The van der Waals surface area contributed by atoms with Gasteiger partial charge in [0.25, 0.3) is 5.91 Å². The van der Waals surface area contributed by atoms with Gasteiger partial charge in [0.15, 0.2) is 6.61 Å². The molecule has 0 aliphatic heterocycles. The highest BCUT2D eigenvalue weighted by atomic mass is 79.9. The molecule has 1 unspecified atom stereocenters. The van der Waals surface area contributed by atoms with E-state index in [1.54, 1.807) is 37.4 Å². The molecule has 1 atom stereocenters. The van der Waals surface area contributed by atoms with Gasteiger partial charge in [-0.15, -0.1) is 0 Å². The van der Waals surface area contributed by atoms with E-state index >= 15 is 0 Å². The molecule has 3 aromatic carbocycles. The predicted octanol–water partition coefficient (Wildman–Crippen LogP) is 5.23. The lowest BCUT2D eigenvalue weighted by Gasteiger charge is -2.24. The van der Waals surface area contributed by atoms with Crippen LogP contribution in [0.3, 0.4) is 0 Å². The number of hydrogen-bond donors (Lipinski definition) is 3. The molecule has 10 nitrogen and oxygen atoms in total. The van der Waals surface area contributed by atoms with Gasteiger partial charge in [0.1, 0.15) is 5.75 Å². The first-order chi connectivity index (χ1) is 20.5. The second-order valence-electron chi connectivity index (χ2n) is 10.3. The molecule has 11 heteroatoms. The Balaban J connectivity index is 1.60. The van der Waals surface area contributed by atoms with Gasteiger partial charge >= 0.3 is 12.0 Å². The zero-order valence-electron chi connectivity index (χ0n) is 24.7. The highest BCUT2D eigenvalue weighted by molar-refractivity contribution is 9.10. The molecule has 0 aromatic heterocycles. The number of carbonyl (C=O) groups excluding carboxylic acids is 4. The summed E-state index contributed by atoms with van der Waals surface area (Å²) in [5, 5.41) is 8.22. The maximum absolute atomic E-state index is 12.9. The molecular weight excluding hydrogens is 616 g/mol. The van der Waals surface area contributed by atoms with Crippen molar-refractivity contribution in [3.05, 3.63) is 88.4 Å². The second-order valence-corrected chi connectivity index (χ2v) is 11.2. The first-order valence-corrected chi connectivity index (χ1v) is 14.6. The summed E-state index contributed by atoms with van der Waals surface area (Å²) in [7, 11) is 3.00. The number of para-hydroxylation sites is 1. The van der Waals surface area contributed by atoms with Crippen molar-refractivity contribution in [3.8, 4) is 5.75 Å². The Kier molecular flexibility index (Phi) is 12.6. The van der Waals surface area contributed by atoms with Crippen molar-refractivity contribution in [2.45, 2.75) is 32.7 Å². The fraction of sp³-hybridized carbons (Fsp3) is 0.312. The van der Waals surface area contributed by atoms with Gasteiger partial charge in [-0.1, -0.05) is 66.2 Å². The fourth-order valence-electron chi connectivity index (χ4n) is 4.28. The lowest BCUT2D eigenvalue weighted by Crippen LogP contribution is -2.40. The molecule has 0 fully saturated rings. The molecule has 0 saturated carbocycles. The highest BCUT2D eigenvalue weighted by Gasteiger charge is 2.21. The lowest BCUT2D eigenvalue weighted by molar-refractivity contribution is -0.139. The third kappa shape index (κ3) is 10.8. The Bertz CT molecular complexity index is 1430. The van der Waals surface area contributed by atoms with Crippen molar-refractivity contribution in [3.63, 3.8) is 0 Å². The monoisotopic (exact) mass is 652 g/mol. The number of hydrogen-bond acceptors (Lipinski definition) is 6. The van der Waals surface area contributed by atoms with Crippen LogP contribution in [-0.2, 0) is 25.5 Å². The fourth-order valence-corrected chi connectivity index (χ4v) is 4.67. The molecule has 228 valence electrons. The van der Waals surface area contributed by atoms with Crippen molar-refractivity contribution in [2.24, 2.45) is 5.92 Å². The molecule has 0 radical (unpaired) electrons. The minimum absolute atomic E-state index is 0.0777. The molecule has 0 bridgehead atoms. The molecular formula is C32H37BrN4O6. The molecule has 0 spiro atoms. The van der Waals surface area contributed by atoms with E-state index in [9.17, 15) is 19.2 Å². The topological polar surface area (TPSA) is 126 Å². The average molecular weight is 654 g/mol. The zero-order chi connectivity index (χ0) is 31.4. The summed E-state index contributed by atoms with van der Waals surface area (Å²) >= 11 is 3.42. The van der Waals surface area contributed by atoms with E-state index in [-0.39, 0.29) is 43.3 Å². The van der Waals surface area contributed by atoms with E-state index in [2.05, 4.69) is 36.6 Å². The summed E-state index contributed by atoms with van der Waals surface area (Å²) in [4.78, 5) is 51.3. The quantitative estimate of drug-likeness (QED) is 0.217. The van der Waals surface area contributed by atoms with Crippen LogP contribution in [-0.4, -0.2) is 51.1 Å². The molecule has 43 heavy (non-hydrogen) atoms. The van der Waals surface area contributed by atoms with E-state index in [0.29, 0.717) is 23.4 Å². The number of benzene rings is 3. The third-order valence-electron chi connectivity index (χ3n) is 6.43. The lowest BCUT2D eigenvalue weighted by atomic mass is 9.96. The summed E-state index contributed by atoms with van der Waals surface area (Å²) in [6, 6.07) is 20.5. The van der Waals surface area contributed by atoms with Gasteiger partial charge in [-0.05, 0) is 54.3 Å². The van der Waals surface area contributed by atoms with Crippen molar-refractivity contribution >= 4 is 51.1 Å². The van der Waals surface area contributed by atoms with Gasteiger partial charge in [-0.25, -0.2) is 4.79 Å². The molecule has 0 aliphatic rings. The van der Waals surface area contributed by atoms with Crippen molar-refractivity contribution in [1.29, 1.82) is 0 Å². The van der Waals surface area contributed by atoms with Crippen LogP contribution >= 0.6 is 15.9 Å². The van der Waals surface area contributed by atoms with Gasteiger partial charge in [-0.2, -0.15) is 0 Å². The summed E-state index contributed by atoms with van der Waals surface area (Å²) in [5.74, 6) is -0.289. The maximum Gasteiger partial charge on any atom is 0.319 e. The van der Waals surface area contributed by atoms with Crippen LogP contribution in [0, 0.1) is 5.92 Å².